The molecule has 20 heavy (non-hydrogen) atoms. The van der Waals surface area contributed by atoms with Crippen molar-refractivity contribution >= 4 is 23.2 Å². The van der Waals surface area contributed by atoms with Crippen molar-refractivity contribution in [3.8, 4) is 0 Å². The highest BCUT2D eigenvalue weighted by Crippen LogP contribution is 2.26. The number of amides is 1. The first-order chi connectivity index (χ1) is 9.56. The van der Waals surface area contributed by atoms with Gasteiger partial charge in [-0.2, -0.15) is 0 Å². The molecule has 1 aliphatic rings. The van der Waals surface area contributed by atoms with Crippen molar-refractivity contribution in [3.05, 3.63) is 28.8 Å². The van der Waals surface area contributed by atoms with Gasteiger partial charge in [0.1, 0.15) is 0 Å². The predicted octanol–water partition coefficient (Wildman–Crippen LogP) is 4.01. The predicted molar refractivity (Wildman–Crippen MR) is 84.0 cm³/mol. The molecule has 1 saturated carbocycles. The monoisotopic (exact) mass is 294 g/mol. The standard InChI is InChI=1S/C16H23ClN2O/c1-11(12-6-4-2-3-5-7-12)19-16(20)13-8-14(17)10-15(18)9-13/h8-12H,2-7,18H2,1H3,(H,19,20)/t11-/m1/s1. The Morgan fingerprint density at radius 3 is 2.50 bits per heavy atom. The van der Waals surface area contributed by atoms with E-state index in [9.17, 15) is 4.79 Å². The first-order valence-corrected chi connectivity index (χ1v) is 7.81. The number of benzene rings is 1. The molecule has 0 aliphatic heterocycles. The minimum Gasteiger partial charge on any atom is -0.399 e. The molecule has 1 aromatic rings. The van der Waals surface area contributed by atoms with Crippen LogP contribution >= 0.6 is 11.6 Å². The Labute approximate surface area is 125 Å². The average molecular weight is 295 g/mol. The van der Waals surface area contributed by atoms with Gasteiger partial charge in [0, 0.05) is 22.3 Å². The van der Waals surface area contributed by atoms with Crippen LogP contribution in [0.15, 0.2) is 18.2 Å². The van der Waals surface area contributed by atoms with Crippen molar-refractivity contribution in [1.82, 2.24) is 5.32 Å². The number of nitrogens with two attached hydrogens (primary N) is 1. The van der Waals surface area contributed by atoms with E-state index >= 15 is 0 Å². The van der Waals surface area contributed by atoms with Crippen LogP contribution in [0.5, 0.6) is 0 Å². The number of nitrogen functional groups attached to an aromatic ring is 1. The molecule has 110 valence electrons. The molecule has 3 N–H and O–H groups in total. The third-order valence-electron chi connectivity index (χ3n) is 4.15. The van der Waals surface area contributed by atoms with Crippen LogP contribution in [0.25, 0.3) is 0 Å². The molecule has 1 atom stereocenters. The molecule has 3 nitrogen and oxygen atoms in total. The van der Waals surface area contributed by atoms with E-state index in [2.05, 4.69) is 12.2 Å². The first kappa shape index (κ1) is 15.2. The Hall–Kier alpha value is -1.22. The van der Waals surface area contributed by atoms with Gasteiger partial charge in [0.05, 0.1) is 0 Å². The molecular weight excluding hydrogens is 272 g/mol. The van der Waals surface area contributed by atoms with E-state index in [1.54, 1.807) is 18.2 Å². The maximum atomic E-state index is 12.3. The smallest absolute Gasteiger partial charge is 0.251 e. The SMILES string of the molecule is C[C@@H](NC(=O)c1cc(N)cc(Cl)c1)C1CCCCCC1. The Kier molecular flexibility index (Phi) is 5.30. The lowest BCUT2D eigenvalue weighted by atomic mass is 9.93. The second-order valence-corrected chi connectivity index (χ2v) is 6.22. The number of anilines is 1. The fourth-order valence-corrected chi connectivity index (χ4v) is 3.21. The van der Waals surface area contributed by atoms with Crippen LogP contribution < -0.4 is 11.1 Å². The molecule has 0 heterocycles. The van der Waals surface area contributed by atoms with E-state index in [1.807, 2.05) is 0 Å². The molecule has 1 aliphatic carbocycles. The van der Waals surface area contributed by atoms with Crippen molar-refractivity contribution in [2.75, 3.05) is 5.73 Å². The van der Waals surface area contributed by atoms with Crippen LogP contribution in [0, 0.1) is 5.92 Å². The lowest BCUT2D eigenvalue weighted by Gasteiger charge is -2.23. The summed E-state index contributed by atoms with van der Waals surface area (Å²) in [6.45, 7) is 2.10. The molecule has 2 rings (SSSR count). The van der Waals surface area contributed by atoms with Crippen LogP contribution in [0.1, 0.15) is 55.8 Å². The Balaban J connectivity index is 1.99. The summed E-state index contributed by atoms with van der Waals surface area (Å²) < 4.78 is 0. The van der Waals surface area contributed by atoms with E-state index < -0.39 is 0 Å². The van der Waals surface area contributed by atoms with Gasteiger partial charge in [-0.05, 0) is 43.9 Å². The van der Waals surface area contributed by atoms with Gasteiger partial charge in [-0.15, -0.1) is 0 Å². The van der Waals surface area contributed by atoms with Crippen molar-refractivity contribution in [1.29, 1.82) is 0 Å². The first-order valence-electron chi connectivity index (χ1n) is 7.43. The minimum absolute atomic E-state index is 0.0871. The molecule has 1 fully saturated rings. The van der Waals surface area contributed by atoms with Gasteiger partial charge in [0.15, 0.2) is 0 Å². The molecule has 0 radical (unpaired) electrons. The minimum atomic E-state index is -0.0871. The highest BCUT2D eigenvalue weighted by atomic mass is 35.5. The third kappa shape index (κ3) is 4.14. The van der Waals surface area contributed by atoms with Crippen LogP contribution in [-0.2, 0) is 0 Å². The summed E-state index contributed by atoms with van der Waals surface area (Å²) in [5, 5.41) is 3.59. The van der Waals surface area contributed by atoms with Gasteiger partial charge in [-0.3, -0.25) is 4.79 Å². The number of nitrogens with one attached hydrogen (secondary N) is 1. The van der Waals surface area contributed by atoms with Crippen molar-refractivity contribution < 1.29 is 4.79 Å². The largest absolute Gasteiger partial charge is 0.399 e. The van der Waals surface area contributed by atoms with E-state index in [4.69, 9.17) is 17.3 Å². The number of hydrogen-bond acceptors (Lipinski definition) is 2. The topological polar surface area (TPSA) is 55.1 Å². The number of rotatable bonds is 3. The zero-order valence-corrected chi connectivity index (χ0v) is 12.7. The van der Waals surface area contributed by atoms with Crippen LogP contribution in [0.2, 0.25) is 5.02 Å². The van der Waals surface area contributed by atoms with Gasteiger partial charge >= 0.3 is 0 Å². The number of hydrogen-bond donors (Lipinski definition) is 2. The summed E-state index contributed by atoms with van der Waals surface area (Å²) in [4.78, 5) is 12.3. The summed E-state index contributed by atoms with van der Waals surface area (Å²) in [5.41, 5.74) is 6.78. The second kappa shape index (κ2) is 6.98. The normalized spacial score (nSPS) is 18.3. The van der Waals surface area contributed by atoms with E-state index in [-0.39, 0.29) is 11.9 Å². The number of carbonyl (C=O) groups is 1. The van der Waals surface area contributed by atoms with Crippen molar-refractivity contribution in [2.45, 2.75) is 51.5 Å². The summed E-state index contributed by atoms with van der Waals surface area (Å²) >= 11 is 5.94. The number of halogens is 1. The Morgan fingerprint density at radius 1 is 1.25 bits per heavy atom. The summed E-state index contributed by atoms with van der Waals surface area (Å²) in [5.74, 6) is 0.494. The summed E-state index contributed by atoms with van der Waals surface area (Å²) in [7, 11) is 0. The zero-order chi connectivity index (χ0) is 14.5. The maximum absolute atomic E-state index is 12.3. The highest BCUT2D eigenvalue weighted by Gasteiger charge is 2.21. The van der Waals surface area contributed by atoms with E-state index in [1.165, 1.54) is 38.5 Å². The lowest BCUT2D eigenvalue weighted by Crippen LogP contribution is -2.38. The van der Waals surface area contributed by atoms with Crippen molar-refractivity contribution in [2.24, 2.45) is 5.92 Å². The maximum Gasteiger partial charge on any atom is 0.251 e. The molecule has 0 aromatic heterocycles. The Morgan fingerprint density at radius 2 is 1.90 bits per heavy atom. The summed E-state index contributed by atoms with van der Waals surface area (Å²) in [6.07, 6.45) is 7.60. The van der Waals surface area contributed by atoms with Crippen LogP contribution in [0.4, 0.5) is 5.69 Å². The lowest BCUT2D eigenvalue weighted by molar-refractivity contribution is 0.0924. The average Bonchev–Trinajstić information content (AvgIpc) is 2.66. The molecular formula is C16H23ClN2O. The van der Waals surface area contributed by atoms with E-state index in [0.717, 1.165) is 0 Å². The third-order valence-corrected chi connectivity index (χ3v) is 4.37. The molecule has 4 heteroatoms. The summed E-state index contributed by atoms with van der Waals surface area (Å²) in [6, 6.07) is 5.17. The van der Waals surface area contributed by atoms with Gasteiger partial charge in [0.2, 0.25) is 0 Å². The van der Waals surface area contributed by atoms with Crippen LogP contribution in [-0.4, -0.2) is 11.9 Å². The van der Waals surface area contributed by atoms with Gasteiger partial charge < -0.3 is 11.1 Å². The number of carbonyl (C=O) groups excluding carboxylic acids is 1. The quantitative estimate of drug-likeness (QED) is 0.654. The molecule has 1 amide bonds. The van der Waals surface area contributed by atoms with Crippen molar-refractivity contribution in [3.63, 3.8) is 0 Å². The fourth-order valence-electron chi connectivity index (χ4n) is 2.96. The van der Waals surface area contributed by atoms with Gasteiger partial charge in [0.25, 0.3) is 5.91 Å². The van der Waals surface area contributed by atoms with Gasteiger partial charge in [-0.1, -0.05) is 37.3 Å². The zero-order valence-electron chi connectivity index (χ0n) is 12.0. The molecule has 1 aromatic carbocycles. The molecule has 0 bridgehead atoms. The van der Waals surface area contributed by atoms with Gasteiger partial charge in [-0.25, -0.2) is 0 Å². The molecule has 0 spiro atoms. The van der Waals surface area contributed by atoms with Crippen LogP contribution in [0.3, 0.4) is 0 Å². The molecule has 0 saturated heterocycles. The second-order valence-electron chi connectivity index (χ2n) is 5.79. The van der Waals surface area contributed by atoms with E-state index in [0.29, 0.717) is 22.2 Å². The molecule has 0 unspecified atom stereocenters. The Bertz CT molecular complexity index is 447. The highest BCUT2D eigenvalue weighted by molar-refractivity contribution is 6.31. The fraction of sp³-hybridized carbons (Fsp3) is 0.562.